The molecule has 4 aliphatic rings. The van der Waals surface area contributed by atoms with Gasteiger partial charge in [0.1, 0.15) is 6.54 Å². The summed E-state index contributed by atoms with van der Waals surface area (Å²) in [5, 5.41) is 5.40. The van der Waals surface area contributed by atoms with E-state index in [-0.39, 0.29) is 24.5 Å². The predicted octanol–water partition coefficient (Wildman–Crippen LogP) is 3.61. The standard InChI is InChI=1S/C23H30N2O4S/c1-30-19-4-2-3-18(8-19)25-21(27)14-29-22(28)13-24-20(26)12-23-9-15-5-16(10-23)7-17(6-15)11-23/h2-4,8,15-17H,5-7,9-14H2,1H3,(H,24,26)(H,25,27). The lowest BCUT2D eigenvalue weighted by Crippen LogP contribution is -2.48. The Hall–Kier alpha value is -2.02. The number of benzene rings is 1. The summed E-state index contributed by atoms with van der Waals surface area (Å²) in [5.41, 5.74) is 0.806. The molecule has 5 rings (SSSR count). The summed E-state index contributed by atoms with van der Waals surface area (Å²) in [5.74, 6) is 1.31. The Balaban J connectivity index is 1.17. The van der Waals surface area contributed by atoms with Crippen LogP contribution in [0.5, 0.6) is 0 Å². The number of hydrogen-bond acceptors (Lipinski definition) is 5. The number of carbonyl (C=O) groups is 3. The van der Waals surface area contributed by atoms with E-state index in [0.717, 1.165) is 41.9 Å². The first-order valence-electron chi connectivity index (χ1n) is 10.8. The van der Waals surface area contributed by atoms with Crippen LogP contribution in [-0.4, -0.2) is 37.2 Å². The van der Waals surface area contributed by atoms with Gasteiger partial charge in [0.2, 0.25) is 5.91 Å². The summed E-state index contributed by atoms with van der Waals surface area (Å²) in [6, 6.07) is 7.44. The van der Waals surface area contributed by atoms with Gasteiger partial charge in [-0.15, -0.1) is 11.8 Å². The van der Waals surface area contributed by atoms with Gasteiger partial charge in [0, 0.05) is 17.0 Å². The summed E-state index contributed by atoms with van der Waals surface area (Å²) in [6.07, 6.45) is 9.99. The average Bonchev–Trinajstić information content (AvgIpc) is 2.69. The van der Waals surface area contributed by atoms with Crippen molar-refractivity contribution < 1.29 is 19.1 Å². The highest BCUT2D eigenvalue weighted by atomic mass is 32.2. The number of ether oxygens (including phenoxy) is 1. The third-order valence-corrected chi connectivity index (χ3v) is 7.57. The molecule has 6 nitrogen and oxygen atoms in total. The van der Waals surface area contributed by atoms with E-state index < -0.39 is 11.9 Å². The van der Waals surface area contributed by atoms with Gasteiger partial charge in [-0.05, 0) is 86.1 Å². The zero-order valence-corrected chi connectivity index (χ0v) is 18.3. The van der Waals surface area contributed by atoms with Crippen LogP contribution in [-0.2, 0) is 19.1 Å². The molecule has 0 aromatic heterocycles. The van der Waals surface area contributed by atoms with Crippen molar-refractivity contribution in [2.24, 2.45) is 23.2 Å². The molecule has 0 spiro atoms. The maximum atomic E-state index is 12.5. The maximum Gasteiger partial charge on any atom is 0.325 e. The highest BCUT2D eigenvalue weighted by Gasteiger charge is 2.51. The van der Waals surface area contributed by atoms with Gasteiger partial charge in [0.15, 0.2) is 6.61 Å². The minimum atomic E-state index is -0.595. The first-order chi connectivity index (χ1) is 14.4. The minimum absolute atomic E-state index is 0.0766. The summed E-state index contributed by atoms with van der Waals surface area (Å²) < 4.78 is 5.01. The molecule has 4 fully saturated rings. The molecule has 1 aromatic rings. The SMILES string of the molecule is CSc1cccc(NC(=O)COC(=O)CNC(=O)CC23CC4CC(CC(C4)C2)C3)c1. The Kier molecular flexibility index (Phi) is 6.37. The minimum Gasteiger partial charge on any atom is -0.454 e. The van der Waals surface area contributed by atoms with Crippen LogP contribution < -0.4 is 10.6 Å². The molecule has 0 atom stereocenters. The topological polar surface area (TPSA) is 84.5 Å². The van der Waals surface area contributed by atoms with Crippen molar-refractivity contribution in [3.05, 3.63) is 24.3 Å². The smallest absolute Gasteiger partial charge is 0.325 e. The molecule has 0 saturated heterocycles. The van der Waals surface area contributed by atoms with E-state index in [1.54, 1.807) is 17.8 Å². The van der Waals surface area contributed by atoms with E-state index in [1.165, 1.54) is 19.3 Å². The third-order valence-electron chi connectivity index (χ3n) is 6.85. The average molecular weight is 431 g/mol. The van der Waals surface area contributed by atoms with Crippen LogP contribution in [0, 0.1) is 23.2 Å². The molecule has 7 heteroatoms. The fourth-order valence-corrected chi connectivity index (χ4v) is 6.63. The van der Waals surface area contributed by atoms with Crippen LogP contribution >= 0.6 is 11.8 Å². The molecular weight excluding hydrogens is 400 g/mol. The molecule has 2 amide bonds. The second kappa shape index (κ2) is 9.00. The number of anilines is 1. The fourth-order valence-electron chi connectivity index (χ4n) is 6.18. The number of hydrogen-bond donors (Lipinski definition) is 2. The Morgan fingerprint density at radius 3 is 2.37 bits per heavy atom. The maximum absolute atomic E-state index is 12.5. The highest BCUT2D eigenvalue weighted by molar-refractivity contribution is 7.98. The van der Waals surface area contributed by atoms with Gasteiger partial charge in [-0.1, -0.05) is 6.07 Å². The number of rotatable bonds is 8. The highest BCUT2D eigenvalue weighted by Crippen LogP contribution is 2.61. The molecule has 0 heterocycles. The zero-order chi connectivity index (χ0) is 21.1. The quantitative estimate of drug-likeness (QED) is 0.486. The van der Waals surface area contributed by atoms with Gasteiger partial charge in [0.25, 0.3) is 5.91 Å². The Labute approximate surface area is 181 Å². The van der Waals surface area contributed by atoms with E-state index in [2.05, 4.69) is 10.6 Å². The van der Waals surface area contributed by atoms with Crippen LogP contribution in [0.1, 0.15) is 44.9 Å². The molecule has 0 aliphatic heterocycles. The molecule has 4 aliphatic carbocycles. The Bertz CT molecular complexity index is 790. The van der Waals surface area contributed by atoms with Crippen molar-refractivity contribution in [1.82, 2.24) is 5.32 Å². The zero-order valence-electron chi connectivity index (χ0n) is 17.4. The number of nitrogens with one attached hydrogen (secondary N) is 2. The van der Waals surface area contributed by atoms with E-state index in [1.807, 2.05) is 24.5 Å². The van der Waals surface area contributed by atoms with E-state index >= 15 is 0 Å². The third kappa shape index (κ3) is 5.17. The second-order valence-corrected chi connectivity index (χ2v) is 10.2. The van der Waals surface area contributed by atoms with Crippen molar-refractivity contribution in [3.63, 3.8) is 0 Å². The molecule has 162 valence electrons. The van der Waals surface area contributed by atoms with Crippen LogP contribution in [0.2, 0.25) is 0 Å². The summed E-state index contributed by atoms with van der Waals surface area (Å²) >= 11 is 1.58. The van der Waals surface area contributed by atoms with Gasteiger partial charge in [-0.25, -0.2) is 0 Å². The number of carbonyl (C=O) groups excluding carboxylic acids is 3. The summed E-state index contributed by atoms with van der Waals surface area (Å²) in [4.78, 5) is 37.4. The lowest BCUT2D eigenvalue weighted by molar-refractivity contribution is -0.147. The van der Waals surface area contributed by atoms with Crippen LogP contribution in [0.25, 0.3) is 0 Å². The van der Waals surface area contributed by atoms with Crippen molar-refractivity contribution in [3.8, 4) is 0 Å². The number of esters is 1. The number of thioether (sulfide) groups is 1. The van der Waals surface area contributed by atoms with Crippen molar-refractivity contribution in [2.75, 3.05) is 24.7 Å². The molecule has 0 unspecified atom stereocenters. The Morgan fingerprint density at radius 1 is 1.07 bits per heavy atom. The first-order valence-corrected chi connectivity index (χ1v) is 12.0. The van der Waals surface area contributed by atoms with Crippen LogP contribution in [0.4, 0.5) is 5.69 Å². The molecule has 0 radical (unpaired) electrons. The van der Waals surface area contributed by atoms with Gasteiger partial charge < -0.3 is 15.4 Å². The lowest BCUT2D eigenvalue weighted by Gasteiger charge is -2.56. The van der Waals surface area contributed by atoms with Crippen molar-refractivity contribution in [2.45, 2.75) is 49.8 Å². The molecule has 4 saturated carbocycles. The largest absolute Gasteiger partial charge is 0.454 e. The molecule has 4 bridgehead atoms. The monoisotopic (exact) mass is 430 g/mol. The molecule has 1 aromatic carbocycles. The van der Waals surface area contributed by atoms with Gasteiger partial charge in [-0.2, -0.15) is 0 Å². The van der Waals surface area contributed by atoms with Gasteiger partial charge in [-0.3, -0.25) is 14.4 Å². The van der Waals surface area contributed by atoms with Crippen LogP contribution in [0.3, 0.4) is 0 Å². The van der Waals surface area contributed by atoms with E-state index in [9.17, 15) is 14.4 Å². The van der Waals surface area contributed by atoms with Crippen molar-refractivity contribution >= 4 is 35.2 Å². The van der Waals surface area contributed by atoms with Gasteiger partial charge in [0.05, 0.1) is 0 Å². The predicted molar refractivity (Wildman–Crippen MR) is 116 cm³/mol. The van der Waals surface area contributed by atoms with Gasteiger partial charge >= 0.3 is 5.97 Å². The first kappa shape index (κ1) is 21.2. The molecular formula is C23H30N2O4S. The molecule has 2 N–H and O–H groups in total. The number of amides is 2. The fraction of sp³-hybridized carbons (Fsp3) is 0.609. The second-order valence-electron chi connectivity index (χ2n) is 9.31. The lowest BCUT2D eigenvalue weighted by atomic mass is 9.49. The summed E-state index contributed by atoms with van der Waals surface area (Å²) in [6.45, 7) is -0.562. The van der Waals surface area contributed by atoms with Crippen molar-refractivity contribution in [1.29, 1.82) is 0 Å². The normalized spacial score (nSPS) is 28.8. The molecule has 30 heavy (non-hydrogen) atoms. The van der Waals surface area contributed by atoms with E-state index in [0.29, 0.717) is 12.1 Å². The van der Waals surface area contributed by atoms with E-state index in [4.69, 9.17) is 4.74 Å². The summed E-state index contributed by atoms with van der Waals surface area (Å²) in [7, 11) is 0. The van der Waals surface area contributed by atoms with Crippen LogP contribution in [0.15, 0.2) is 29.2 Å². The Morgan fingerprint density at radius 2 is 1.73 bits per heavy atom.